The molecule has 1 N–H and O–H groups in total. The quantitative estimate of drug-likeness (QED) is 0.790. The van der Waals surface area contributed by atoms with Gasteiger partial charge in [-0.1, -0.05) is 6.92 Å². The molecule has 152 valence electrons. The van der Waals surface area contributed by atoms with Gasteiger partial charge < -0.3 is 9.88 Å². The highest BCUT2D eigenvalue weighted by Crippen LogP contribution is 2.61. The van der Waals surface area contributed by atoms with E-state index in [-0.39, 0.29) is 28.6 Å². The lowest BCUT2D eigenvalue weighted by Crippen LogP contribution is -2.56. The predicted octanol–water partition coefficient (Wildman–Crippen LogP) is 2.21. The molecule has 4 aliphatic carbocycles. The summed E-state index contributed by atoms with van der Waals surface area (Å²) < 4.78 is 2.41. The Bertz CT molecular complexity index is 889. The van der Waals surface area contributed by atoms with Gasteiger partial charge in [0.05, 0.1) is 5.56 Å². The van der Waals surface area contributed by atoms with Gasteiger partial charge in [0, 0.05) is 32.4 Å². The van der Waals surface area contributed by atoms with Crippen molar-refractivity contribution >= 4 is 12.0 Å². The Labute approximate surface area is 165 Å². The Morgan fingerprint density at radius 2 is 1.75 bits per heavy atom. The van der Waals surface area contributed by atoms with Crippen LogP contribution in [0.4, 0.5) is 0 Å². The van der Waals surface area contributed by atoms with Crippen molar-refractivity contribution in [3.63, 3.8) is 0 Å². The molecule has 4 fully saturated rings. The van der Waals surface area contributed by atoms with Crippen LogP contribution in [0.1, 0.15) is 57.4 Å². The molecule has 0 aliphatic heterocycles. The molecular formula is C22H31N3O3. The van der Waals surface area contributed by atoms with Crippen molar-refractivity contribution in [1.82, 2.24) is 14.5 Å². The van der Waals surface area contributed by atoms with E-state index in [0.717, 1.165) is 28.7 Å². The van der Waals surface area contributed by atoms with Crippen LogP contribution in [-0.4, -0.2) is 21.1 Å². The topological polar surface area (TPSA) is 73.1 Å². The van der Waals surface area contributed by atoms with Gasteiger partial charge in [-0.05, 0) is 74.2 Å². The van der Waals surface area contributed by atoms with Gasteiger partial charge in [0.2, 0.25) is 5.91 Å². The third kappa shape index (κ3) is 3.27. The molecule has 0 spiro atoms. The van der Waals surface area contributed by atoms with Crippen LogP contribution in [0, 0.1) is 23.2 Å². The summed E-state index contributed by atoms with van der Waals surface area (Å²) in [5.41, 5.74) is -0.165. The van der Waals surface area contributed by atoms with E-state index in [2.05, 4.69) is 12.2 Å². The highest BCUT2D eigenvalue weighted by atomic mass is 16.2. The number of aryl methyl sites for hydroxylation is 1. The summed E-state index contributed by atoms with van der Waals surface area (Å²) >= 11 is 0. The van der Waals surface area contributed by atoms with Gasteiger partial charge in [-0.3, -0.25) is 14.2 Å². The van der Waals surface area contributed by atoms with E-state index in [1.54, 1.807) is 7.05 Å². The number of aromatic nitrogens is 2. The van der Waals surface area contributed by atoms with E-state index in [0.29, 0.717) is 5.56 Å². The van der Waals surface area contributed by atoms with Crippen molar-refractivity contribution in [3.8, 4) is 0 Å². The number of carbonyl (C=O) groups is 1. The van der Waals surface area contributed by atoms with Crippen LogP contribution in [-0.2, 0) is 18.9 Å². The zero-order chi connectivity index (χ0) is 20.1. The number of nitrogens with one attached hydrogen (secondary N) is 1. The third-order valence-electron chi connectivity index (χ3n) is 7.44. The minimum atomic E-state index is -0.389. The summed E-state index contributed by atoms with van der Waals surface area (Å²) in [7, 11) is 3.04. The van der Waals surface area contributed by atoms with Crippen molar-refractivity contribution in [2.24, 2.45) is 37.3 Å². The SMILES string of the molecule is CC[C@H](NC(=O)/C=C\c1cn(C)c(=O)n(C)c1=O)C12CC3CC(CC(C3)C1)C2. The minimum absolute atomic E-state index is 0.154. The molecule has 28 heavy (non-hydrogen) atoms. The van der Waals surface area contributed by atoms with E-state index in [9.17, 15) is 14.4 Å². The molecule has 6 nitrogen and oxygen atoms in total. The zero-order valence-corrected chi connectivity index (χ0v) is 17.1. The summed E-state index contributed by atoms with van der Waals surface area (Å²) in [6.07, 6.45) is 13.3. The fourth-order valence-electron chi connectivity index (χ4n) is 6.63. The standard InChI is InChI=1S/C22H31N3O3/c1-4-18(22-10-14-7-15(11-22)9-16(8-14)12-22)23-19(26)6-5-17-13-24(2)21(28)25(3)20(17)27/h5-6,13-16,18H,4,7-12H2,1-3H3,(H,23,26)/b6-5-/t14?,15?,16?,18-,22?/m0/s1. The first-order valence-electron chi connectivity index (χ1n) is 10.6. The van der Waals surface area contributed by atoms with Crippen LogP contribution < -0.4 is 16.6 Å². The molecule has 1 atom stereocenters. The van der Waals surface area contributed by atoms with Crippen molar-refractivity contribution in [1.29, 1.82) is 0 Å². The highest BCUT2D eigenvalue weighted by Gasteiger charge is 2.53. The molecule has 1 aromatic rings. The van der Waals surface area contributed by atoms with Crippen LogP contribution in [0.2, 0.25) is 0 Å². The van der Waals surface area contributed by atoms with Gasteiger partial charge >= 0.3 is 5.69 Å². The first kappa shape index (κ1) is 19.2. The first-order chi connectivity index (χ1) is 13.3. The molecule has 4 bridgehead atoms. The van der Waals surface area contributed by atoms with Crippen molar-refractivity contribution in [2.45, 2.75) is 57.9 Å². The van der Waals surface area contributed by atoms with Gasteiger partial charge in [0.15, 0.2) is 0 Å². The second-order valence-corrected chi connectivity index (χ2v) is 9.42. The Balaban J connectivity index is 1.49. The molecule has 4 saturated carbocycles. The maximum Gasteiger partial charge on any atom is 0.330 e. The lowest BCUT2D eigenvalue weighted by Gasteiger charge is -2.59. The van der Waals surface area contributed by atoms with E-state index in [4.69, 9.17) is 0 Å². The van der Waals surface area contributed by atoms with Crippen LogP contribution in [0.5, 0.6) is 0 Å². The lowest BCUT2D eigenvalue weighted by atomic mass is 9.47. The summed E-state index contributed by atoms with van der Waals surface area (Å²) in [5, 5.41) is 3.25. The number of amides is 1. The number of hydrogen-bond donors (Lipinski definition) is 1. The highest BCUT2D eigenvalue weighted by molar-refractivity contribution is 5.91. The van der Waals surface area contributed by atoms with Crippen molar-refractivity contribution in [2.75, 3.05) is 0 Å². The summed E-state index contributed by atoms with van der Waals surface area (Å²) in [6, 6.07) is 0.195. The summed E-state index contributed by atoms with van der Waals surface area (Å²) in [6.45, 7) is 2.16. The van der Waals surface area contributed by atoms with Crippen LogP contribution >= 0.6 is 0 Å². The molecule has 0 aromatic carbocycles. The van der Waals surface area contributed by atoms with Crippen LogP contribution in [0.25, 0.3) is 6.08 Å². The lowest BCUT2D eigenvalue weighted by molar-refractivity contribution is -0.122. The Kier molecular flexibility index (Phi) is 4.84. The smallest absolute Gasteiger partial charge is 0.330 e. The largest absolute Gasteiger partial charge is 0.349 e. The second kappa shape index (κ2) is 7.05. The average molecular weight is 386 g/mol. The Hall–Kier alpha value is -2.11. The number of nitrogens with zero attached hydrogens (tertiary/aromatic N) is 2. The monoisotopic (exact) mass is 385 g/mol. The molecule has 1 aromatic heterocycles. The van der Waals surface area contributed by atoms with Gasteiger partial charge in [0.25, 0.3) is 5.56 Å². The Morgan fingerprint density at radius 1 is 1.18 bits per heavy atom. The van der Waals surface area contributed by atoms with Gasteiger partial charge in [0.1, 0.15) is 0 Å². The molecular weight excluding hydrogens is 354 g/mol. The molecule has 6 heteroatoms. The number of hydrogen-bond acceptors (Lipinski definition) is 3. The minimum Gasteiger partial charge on any atom is -0.349 e. The van der Waals surface area contributed by atoms with Crippen molar-refractivity contribution < 1.29 is 4.79 Å². The van der Waals surface area contributed by atoms with Gasteiger partial charge in [-0.25, -0.2) is 4.79 Å². The fraction of sp³-hybridized carbons (Fsp3) is 0.682. The number of carbonyl (C=O) groups excluding carboxylic acids is 1. The molecule has 1 amide bonds. The third-order valence-corrected chi connectivity index (χ3v) is 7.44. The van der Waals surface area contributed by atoms with Gasteiger partial charge in [-0.15, -0.1) is 0 Å². The van der Waals surface area contributed by atoms with E-state index < -0.39 is 0 Å². The molecule has 5 rings (SSSR count). The predicted molar refractivity (Wildman–Crippen MR) is 109 cm³/mol. The maximum atomic E-state index is 12.7. The van der Waals surface area contributed by atoms with Crippen LogP contribution in [0.15, 0.2) is 21.9 Å². The molecule has 1 heterocycles. The number of rotatable bonds is 5. The fourth-order valence-corrected chi connectivity index (χ4v) is 6.63. The van der Waals surface area contributed by atoms with Gasteiger partial charge in [-0.2, -0.15) is 0 Å². The zero-order valence-electron chi connectivity index (χ0n) is 17.1. The summed E-state index contributed by atoms with van der Waals surface area (Å²) in [4.78, 5) is 36.7. The molecule has 0 unspecified atom stereocenters. The molecule has 4 aliphatic rings. The van der Waals surface area contributed by atoms with E-state index >= 15 is 0 Å². The average Bonchev–Trinajstić information content (AvgIpc) is 2.65. The normalized spacial score (nSPS) is 32.0. The Morgan fingerprint density at radius 3 is 2.29 bits per heavy atom. The van der Waals surface area contributed by atoms with Crippen molar-refractivity contribution in [3.05, 3.63) is 38.7 Å². The van der Waals surface area contributed by atoms with Crippen LogP contribution in [0.3, 0.4) is 0 Å². The molecule has 0 saturated heterocycles. The maximum absolute atomic E-state index is 12.7. The first-order valence-corrected chi connectivity index (χ1v) is 10.6. The molecule has 0 radical (unpaired) electrons. The van der Waals surface area contributed by atoms with E-state index in [1.165, 1.54) is 68.5 Å². The second-order valence-electron chi connectivity index (χ2n) is 9.42. The van der Waals surface area contributed by atoms with E-state index in [1.807, 2.05) is 0 Å². The summed E-state index contributed by atoms with van der Waals surface area (Å²) in [5.74, 6) is 2.39.